The van der Waals surface area contributed by atoms with Crippen LogP contribution in [0, 0.1) is 0 Å². The number of nitrogens with zero attached hydrogens (tertiary/aromatic N) is 2. The Labute approximate surface area is 218 Å². The lowest BCUT2D eigenvalue weighted by Gasteiger charge is -2.24. The van der Waals surface area contributed by atoms with Crippen molar-refractivity contribution in [2.24, 2.45) is 4.99 Å². The molecule has 1 atom stereocenters. The van der Waals surface area contributed by atoms with Crippen molar-refractivity contribution in [3.8, 4) is 17.2 Å². The summed E-state index contributed by atoms with van der Waals surface area (Å²) >= 11 is 1.26. The number of carbonyl (C=O) groups excluding carboxylic acids is 1. The van der Waals surface area contributed by atoms with Gasteiger partial charge in [-0.1, -0.05) is 42.2 Å². The molecule has 1 aromatic heterocycles. The monoisotopic (exact) mass is 520 g/mol. The first-order chi connectivity index (χ1) is 17.9. The summed E-state index contributed by atoms with van der Waals surface area (Å²) in [5.41, 5.74) is 2.09. The van der Waals surface area contributed by atoms with E-state index in [-0.39, 0.29) is 12.2 Å². The molecule has 0 radical (unpaired) electrons. The summed E-state index contributed by atoms with van der Waals surface area (Å²) in [6.07, 6.45) is 3.43. The Balaban J connectivity index is 1.87. The average Bonchev–Trinajstić information content (AvgIpc) is 3.21. The predicted octanol–water partition coefficient (Wildman–Crippen LogP) is 3.38. The summed E-state index contributed by atoms with van der Waals surface area (Å²) in [5.74, 6) is 1.29. The van der Waals surface area contributed by atoms with Crippen LogP contribution in [0.5, 0.6) is 17.2 Å². The van der Waals surface area contributed by atoms with E-state index in [0.29, 0.717) is 44.5 Å². The zero-order valence-corrected chi connectivity index (χ0v) is 22.0. The van der Waals surface area contributed by atoms with Gasteiger partial charge in [-0.15, -0.1) is 0 Å². The highest BCUT2D eigenvalue weighted by atomic mass is 32.1. The smallest absolute Gasteiger partial charge is 0.338 e. The molecule has 2 heterocycles. The maximum Gasteiger partial charge on any atom is 0.338 e. The molecule has 8 nitrogen and oxygen atoms in total. The van der Waals surface area contributed by atoms with Gasteiger partial charge in [-0.2, -0.15) is 0 Å². The van der Waals surface area contributed by atoms with Gasteiger partial charge < -0.3 is 18.9 Å². The summed E-state index contributed by atoms with van der Waals surface area (Å²) in [6.45, 7) is 7.72. The topological polar surface area (TPSA) is 88.4 Å². The zero-order chi connectivity index (χ0) is 26.5. The van der Waals surface area contributed by atoms with Gasteiger partial charge in [0.1, 0.15) is 12.4 Å². The molecule has 0 spiro atoms. The number of hydrogen-bond donors (Lipinski definition) is 0. The highest BCUT2D eigenvalue weighted by molar-refractivity contribution is 7.07. The second kappa shape index (κ2) is 11.3. The summed E-state index contributed by atoms with van der Waals surface area (Å²) in [7, 11) is 3.14. The molecule has 37 heavy (non-hydrogen) atoms. The molecule has 3 aromatic rings. The molecular formula is C28H28N2O6S. The lowest BCUT2D eigenvalue weighted by molar-refractivity contribution is -0.139. The predicted molar refractivity (Wildman–Crippen MR) is 142 cm³/mol. The number of benzene rings is 2. The molecule has 9 heteroatoms. The van der Waals surface area contributed by atoms with Crippen molar-refractivity contribution in [1.82, 2.24) is 4.57 Å². The third-order valence-corrected chi connectivity index (χ3v) is 6.77. The molecule has 4 rings (SSSR count). The van der Waals surface area contributed by atoms with Gasteiger partial charge in [0.25, 0.3) is 5.56 Å². The van der Waals surface area contributed by atoms with Crippen molar-refractivity contribution >= 4 is 23.4 Å². The Morgan fingerprint density at radius 1 is 1.14 bits per heavy atom. The van der Waals surface area contributed by atoms with E-state index in [9.17, 15) is 9.59 Å². The molecule has 0 unspecified atom stereocenters. The number of rotatable bonds is 9. The molecule has 0 bridgehead atoms. The molecule has 1 aliphatic rings. The van der Waals surface area contributed by atoms with E-state index in [1.807, 2.05) is 18.2 Å². The average molecular weight is 521 g/mol. The van der Waals surface area contributed by atoms with Gasteiger partial charge in [0.05, 0.1) is 42.7 Å². The molecule has 0 aliphatic carbocycles. The Kier molecular flexibility index (Phi) is 7.93. The molecule has 0 saturated heterocycles. The fourth-order valence-electron chi connectivity index (χ4n) is 4.09. The Hall–Kier alpha value is -4.11. The highest BCUT2D eigenvalue weighted by Crippen LogP contribution is 2.32. The van der Waals surface area contributed by atoms with Crippen LogP contribution in [0.3, 0.4) is 0 Å². The van der Waals surface area contributed by atoms with Crippen LogP contribution in [0.2, 0.25) is 0 Å². The lowest BCUT2D eigenvalue weighted by atomic mass is 9.96. The molecule has 1 aliphatic heterocycles. The van der Waals surface area contributed by atoms with Crippen LogP contribution in [0.15, 0.2) is 76.2 Å². The first-order valence-electron chi connectivity index (χ1n) is 11.7. The quantitative estimate of drug-likeness (QED) is 0.318. The first kappa shape index (κ1) is 26.0. The minimum absolute atomic E-state index is 0.212. The Bertz CT molecular complexity index is 1530. The fraction of sp³-hybridized carbons (Fsp3) is 0.250. The Morgan fingerprint density at radius 2 is 1.89 bits per heavy atom. The van der Waals surface area contributed by atoms with E-state index >= 15 is 0 Å². The van der Waals surface area contributed by atoms with Gasteiger partial charge in [-0.3, -0.25) is 9.36 Å². The van der Waals surface area contributed by atoms with Crippen molar-refractivity contribution in [3.05, 3.63) is 97.2 Å². The van der Waals surface area contributed by atoms with Gasteiger partial charge in [-0.25, -0.2) is 9.79 Å². The van der Waals surface area contributed by atoms with Crippen molar-refractivity contribution in [2.45, 2.75) is 19.9 Å². The van der Waals surface area contributed by atoms with E-state index in [1.165, 1.54) is 11.3 Å². The second-order valence-electron chi connectivity index (χ2n) is 8.09. The fourth-order valence-corrected chi connectivity index (χ4v) is 5.13. The highest BCUT2D eigenvalue weighted by Gasteiger charge is 2.33. The second-order valence-corrected chi connectivity index (χ2v) is 9.09. The van der Waals surface area contributed by atoms with Gasteiger partial charge in [0, 0.05) is 0 Å². The van der Waals surface area contributed by atoms with E-state index in [2.05, 4.69) is 11.6 Å². The summed E-state index contributed by atoms with van der Waals surface area (Å²) in [5, 5.41) is 0. The van der Waals surface area contributed by atoms with Gasteiger partial charge in [0.2, 0.25) is 0 Å². The Morgan fingerprint density at radius 3 is 2.54 bits per heavy atom. The largest absolute Gasteiger partial charge is 0.497 e. The van der Waals surface area contributed by atoms with Crippen LogP contribution >= 0.6 is 11.3 Å². The van der Waals surface area contributed by atoms with Gasteiger partial charge >= 0.3 is 5.97 Å². The van der Waals surface area contributed by atoms with Gasteiger partial charge in [0.15, 0.2) is 16.3 Å². The number of allylic oxidation sites excluding steroid dienone is 1. The summed E-state index contributed by atoms with van der Waals surface area (Å²) in [6, 6.07) is 12.0. The number of ether oxygens (including phenoxy) is 4. The first-order valence-corrected chi connectivity index (χ1v) is 12.5. The molecule has 0 fully saturated rings. The number of aromatic nitrogens is 1. The minimum Gasteiger partial charge on any atom is -0.497 e. The molecule has 0 amide bonds. The molecule has 192 valence electrons. The van der Waals surface area contributed by atoms with E-state index in [1.54, 1.807) is 69.1 Å². The van der Waals surface area contributed by atoms with Gasteiger partial charge in [-0.05, 0) is 55.3 Å². The third-order valence-electron chi connectivity index (χ3n) is 5.79. The number of fused-ring (bicyclic) bond motifs is 1. The third kappa shape index (κ3) is 5.22. The van der Waals surface area contributed by atoms with Crippen LogP contribution in [0.25, 0.3) is 6.08 Å². The van der Waals surface area contributed by atoms with Crippen molar-refractivity contribution in [3.63, 3.8) is 0 Å². The molecular weight excluding hydrogens is 492 g/mol. The zero-order valence-electron chi connectivity index (χ0n) is 21.1. The normalized spacial score (nSPS) is 15.0. The molecule has 0 N–H and O–H groups in total. The SMILES string of the molecule is C=CCOc1ccc(/C=c2/sc3n(c2=O)[C@H](c2ccc(OC)cc2)C(C(=O)OCC)=C(C)N=3)cc1OC. The van der Waals surface area contributed by atoms with Crippen LogP contribution in [-0.2, 0) is 9.53 Å². The van der Waals surface area contributed by atoms with Crippen LogP contribution < -0.4 is 29.1 Å². The molecule has 2 aromatic carbocycles. The molecule has 0 saturated carbocycles. The standard InChI is InChI=1S/C28H28N2O6S/c1-6-14-36-21-13-8-18(15-22(21)34-5)16-23-26(31)30-25(19-9-11-20(33-4)12-10-19)24(27(32)35-7-2)17(3)29-28(30)37-23/h6,8-13,15-16,25H,1,7,14H2,2-5H3/b23-16+/t25-/m1/s1. The number of esters is 1. The maximum atomic E-state index is 13.7. The number of hydrogen-bond acceptors (Lipinski definition) is 8. The summed E-state index contributed by atoms with van der Waals surface area (Å²) < 4.78 is 23.7. The van der Waals surface area contributed by atoms with Crippen LogP contribution in [-0.4, -0.2) is 38.0 Å². The van der Waals surface area contributed by atoms with Crippen molar-refractivity contribution < 1.29 is 23.7 Å². The van der Waals surface area contributed by atoms with Crippen molar-refractivity contribution in [2.75, 3.05) is 27.4 Å². The number of thiazole rings is 1. The number of carbonyl (C=O) groups is 1. The van der Waals surface area contributed by atoms with Crippen LogP contribution in [0.4, 0.5) is 0 Å². The minimum atomic E-state index is -0.687. The van der Waals surface area contributed by atoms with E-state index in [4.69, 9.17) is 18.9 Å². The lowest BCUT2D eigenvalue weighted by Crippen LogP contribution is -2.39. The van der Waals surface area contributed by atoms with E-state index < -0.39 is 12.0 Å². The van der Waals surface area contributed by atoms with Crippen molar-refractivity contribution in [1.29, 1.82) is 0 Å². The maximum absolute atomic E-state index is 13.7. The van der Waals surface area contributed by atoms with E-state index in [0.717, 1.165) is 11.1 Å². The summed E-state index contributed by atoms with van der Waals surface area (Å²) in [4.78, 5) is 31.8. The number of methoxy groups -OCH3 is 2. The van der Waals surface area contributed by atoms with Crippen LogP contribution in [0.1, 0.15) is 31.0 Å².